The molecule has 2 atom stereocenters. The summed E-state index contributed by atoms with van der Waals surface area (Å²) in [6, 6.07) is 23.4. The van der Waals surface area contributed by atoms with Crippen LogP contribution >= 0.6 is 34.8 Å². The number of rotatable bonds is 7. The molecule has 0 bridgehead atoms. The number of nitrogens with one attached hydrogen (secondary N) is 1. The van der Waals surface area contributed by atoms with Gasteiger partial charge in [-0.25, -0.2) is 0 Å². The molecule has 3 aromatic rings. The molecule has 0 aromatic heterocycles. The van der Waals surface area contributed by atoms with E-state index in [1.807, 2.05) is 48.5 Å². The first-order chi connectivity index (χ1) is 15.1. The van der Waals surface area contributed by atoms with E-state index in [0.29, 0.717) is 34.8 Å². The summed E-state index contributed by atoms with van der Waals surface area (Å²) < 4.78 is 13.1. The van der Waals surface area contributed by atoms with Crippen LogP contribution in [0.5, 0.6) is 0 Å². The van der Waals surface area contributed by atoms with Crippen LogP contribution in [0.4, 0.5) is 0 Å². The largest absolute Gasteiger partial charge is 0.369 e. The summed E-state index contributed by atoms with van der Waals surface area (Å²) in [6.45, 7) is 2.33. The highest BCUT2D eigenvalue weighted by molar-refractivity contribution is 6.33. The molecule has 1 aliphatic heterocycles. The number of piperidine rings is 1. The fourth-order valence-corrected chi connectivity index (χ4v) is 4.46. The van der Waals surface area contributed by atoms with Crippen LogP contribution in [-0.2, 0) is 28.3 Å². The van der Waals surface area contributed by atoms with Crippen LogP contribution in [0, 0.1) is 0 Å². The number of hydrogen-bond acceptors (Lipinski definition) is 3. The third-order valence-electron chi connectivity index (χ3n) is 5.64. The van der Waals surface area contributed by atoms with E-state index in [1.165, 1.54) is 0 Å². The van der Waals surface area contributed by atoms with E-state index in [9.17, 15) is 0 Å². The second-order valence-corrected chi connectivity index (χ2v) is 8.94. The van der Waals surface area contributed by atoms with Crippen LogP contribution in [0.15, 0.2) is 72.8 Å². The molecule has 6 heteroatoms. The number of ether oxygens (including phenoxy) is 2. The molecule has 4 rings (SSSR count). The summed E-state index contributed by atoms with van der Waals surface area (Å²) in [6.07, 6.45) is 0.562. The Morgan fingerprint density at radius 1 is 0.871 bits per heavy atom. The van der Waals surface area contributed by atoms with E-state index in [-0.39, 0.29) is 6.10 Å². The maximum Gasteiger partial charge on any atom is 0.122 e. The summed E-state index contributed by atoms with van der Waals surface area (Å²) in [4.78, 5) is 0. The summed E-state index contributed by atoms with van der Waals surface area (Å²) in [7, 11) is 0. The summed E-state index contributed by atoms with van der Waals surface area (Å²) in [5.74, 6) is 0. The van der Waals surface area contributed by atoms with Crippen molar-refractivity contribution in [3.63, 3.8) is 0 Å². The molecule has 1 saturated heterocycles. The Labute approximate surface area is 198 Å². The van der Waals surface area contributed by atoms with Crippen molar-refractivity contribution in [3.05, 3.63) is 105 Å². The van der Waals surface area contributed by atoms with Gasteiger partial charge in [0.25, 0.3) is 0 Å². The van der Waals surface area contributed by atoms with E-state index in [2.05, 4.69) is 17.4 Å². The second-order valence-electron chi connectivity index (χ2n) is 7.66. The molecule has 162 valence electrons. The highest BCUT2D eigenvalue weighted by Crippen LogP contribution is 2.39. The zero-order valence-corrected chi connectivity index (χ0v) is 19.3. The number of benzene rings is 3. The fraction of sp³-hybridized carbons (Fsp3) is 0.280. The zero-order chi connectivity index (χ0) is 21.7. The number of halogens is 3. The molecule has 3 nitrogen and oxygen atoms in total. The Hall–Kier alpha value is -1.59. The predicted molar refractivity (Wildman–Crippen MR) is 127 cm³/mol. The molecule has 1 heterocycles. The van der Waals surface area contributed by atoms with Crippen molar-refractivity contribution in [1.29, 1.82) is 0 Å². The molecule has 2 unspecified atom stereocenters. The minimum Gasteiger partial charge on any atom is -0.369 e. The molecule has 0 aliphatic carbocycles. The van der Waals surface area contributed by atoms with Gasteiger partial charge < -0.3 is 14.8 Å². The minimum atomic E-state index is -0.643. The molecule has 0 radical (unpaired) electrons. The van der Waals surface area contributed by atoms with Crippen molar-refractivity contribution in [3.8, 4) is 0 Å². The van der Waals surface area contributed by atoms with Crippen LogP contribution in [0.3, 0.4) is 0 Å². The minimum absolute atomic E-state index is 0.194. The maximum absolute atomic E-state index is 6.67. The molecule has 0 amide bonds. The van der Waals surface area contributed by atoms with Crippen LogP contribution in [0.25, 0.3) is 0 Å². The smallest absolute Gasteiger partial charge is 0.122 e. The van der Waals surface area contributed by atoms with Crippen LogP contribution in [0.2, 0.25) is 15.1 Å². The third kappa shape index (κ3) is 5.43. The number of hydrogen-bond donors (Lipinski definition) is 1. The van der Waals surface area contributed by atoms with Gasteiger partial charge in [-0.2, -0.15) is 0 Å². The molecule has 31 heavy (non-hydrogen) atoms. The normalized spacial score (nSPS) is 21.2. The van der Waals surface area contributed by atoms with Gasteiger partial charge >= 0.3 is 0 Å². The second kappa shape index (κ2) is 10.4. The zero-order valence-electron chi connectivity index (χ0n) is 17.0. The average Bonchev–Trinajstić information content (AvgIpc) is 2.80. The van der Waals surface area contributed by atoms with Crippen molar-refractivity contribution in [2.24, 2.45) is 0 Å². The van der Waals surface area contributed by atoms with Gasteiger partial charge in [-0.05, 0) is 60.0 Å². The average molecular weight is 477 g/mol. The quantitative estimate of drug-likeness (QED) is 0.415. The Balaban J connectivity index is 1.64. The standard InChI is InChI=1S/C25H24Cl3NO2/c26-21-8-6-20(7-9-21)25(31-17-19-14-22(27)10-11-23(19)28)12-13-29-15-24(25)30-16-18-4-2-1-3-5-18/h1-11,14,24,29H,12-13,15-17H2. The molecular formula is C25H24Cl3NO2. The first kappa shape index (κ1) is 22.6. The Bertz CT molecular complexity index is 997. The van der Waals surface area contributed by atoms with Gasteiger partial charge in [0, 0.05) is 21.6 Å². The lowest BCUT2D eigenvalue weighted by atomic mass is 9.82. The lowest BCUT2D eigenvalue weighted by molar-refractivity contribution is -0.176. The van der Waals surface area contributed by atoms with Crippen molar-refractivity contribution >= 4 is 34.8 Å². The molecule has 0 saturated carbocycles. The van der Waals surface area contributed by atoms with Gasteiger partial charge in [-0.3, -0.25) is 0 Å². The molecule has 0 spiro atoms. The topological polar surface area (TPSA) is 30.5 Å². The van der Waals surface area contributed by atoms with Crippen molar-refractivity contribution < 1.29 is 9.47 Å². The first-order valence-corrected chi connectivity index (χ1v) is 11.4. The van der Waals surface area contributed by atoms with E-state index >= 15 is 0 Å². The maximum atomic E-state index is 6.67. The molecule has 1 fully saturated rings. The van der Waals surface area contributed by atoms with E-state index in [4.69, 9.17) is 44.3 Å². The first-order valence-electron chi connectivity index (χ1n) is 10.3. The van der Waals surface area contributed by atoms with E-state index < -0.39 is 5.60 Å². The van der Waals surface area contributed by atoms with Crippen molar-refractivity contribution in [2.45, 2.75) is 31.3 Å². The lowest BCUT2D eigenvalue weighted by Crippen LogP contribution is -2.54. The summed E-state index contributed by atoms with van der Waals surface area (Å²) in [5.41, 5.74) is 2.37. The third-order valence-corrected chi connectivity index (χ3v) is 6.50. The molecule has 3 aromatic carbocycles. The molecular weight excluding hydrogens is 453 g/mol. The van der Waals surface area contributed by atoms with Gasteiger partial charge in [0.05, 0.1) is 13.2 Å². The van der Waals surface area contributed by atoms with Crippen molar-refractivity contribution in [2.75, 3.05) is 13.1 Å². The van der Waals surface area contributed by atoms with Crippen LogP contribution in [0.1, 0.15) is 23.1 Å². The fourth-order valence-electron chi connectivity index (χ4n) is 3.97. The van der Waals surface area contributed by atoms with E-state index in [0.717, 1.165) is 29.7 Å². The van der Waals surface area contributed by atoms with Gasteiger partial charge in [-0.15, -0.1) is 0 Å². The Kier molecular flexibility index (Phi) is 7.55. The predicted octanol–water partition coefficient (Wildman–Crippen LogP) is 6.64. The highest BCUT2D eigenvalue weighted by Gasteiger charge is 2.44. The monoisotopic (exact) mass is 475 g/mol. The van der Waals surface area contributed by atoms with Crippen LogP contribution in [-0.4, -0.2) is 19.2 Å². The highest BCUT2D eigenvalue weighted by atomic mass is 35.5. The SMILES string of the molecule is Clc1ccc(C2(OCc3cc(Cl)ccc3Cl)CCNCC2OCc2ccccc2)cc1. The summed E-state index contributed by atoms with van der Waals surface area (Å²) in [5, 5.41) is 5.40. The van der Waals surface area contributed by atoms with Gasteiger partial charge in [0.15, 0.2) is 0 Å². The van der Waals surface area contributed by atoms with Gasteiger partial charge in [-0.1, -0.05) is 77.3 Å². The molecule has 1 aliphatic rings. The van der Waals surface area contributed by atoms with Crippen molar-refractivity contribution in [1.82, 2.24) is 5.32 Å². The lowest BCUT2D eigenvalue weighted by Gasteiger charge is -2.44. The Morgan fingerprint density at radius 2 is 1.61 bits per heavy atom. The summed E-state index contributed by atoms with van der Waals surface area (Å²) >= 11 is 18.8. The molecule has 1 N–H and O–H groups in total. The van der Waals surface area contributed by atoms with Gasteiger partial charge in [0.1, 0.15) is 11.7 Å². The van der Waals surface area contributed by atoms with Gasteiger partial charge in [0.2, 0.25) is 0 Å². The van der Waals surface area contributed by atoms with Crippen LogP contribution < -0.4 is 5.32 Å². The Morgan fingerprint density at radius 3 is 2.39 bits per heavy atom. The van der Waals surface area contributed by atoms with E-state index in [1.54, 1.807) is 12.1 Å².